The molecule has 4 heterocycles. The minimum atomic E-state index is -0.106. The maximum atomic E-state index is 12.5. The first kappa shape index (κ1) is 15.7. The number of pyridine rings is 1. The molecule has 0 amide bonds. The van der Waals surface area contributed by atoms with Gasteiger partial charge < -0.3 is 4.98 Å². The highest BCUT2D eigenvalue weighted by molar-refractivity contribution is 7.25. The molecule has 5 rings (SSSR count). The predicted molar refractivity (Wildman–Crippen MR) is 112 cm³/mol. The number of thiophene rings is 2. The van der Waals surface area contributed by atoms with Crippen molar-refractivity contribution in [3.8, 4) is 30.9 Å². The fourth-order valence-corrected chi connectivity index (χ4v) is 5.58. The lowest BCUT2D eigenvalue weighted by molar-refractivity contribution is 1.28. The number of para-hydroxylation sites is 1. The number of nitrogens with zero attached hydrogens (tertiary/aromatic N) is 1. The molecule has 0 aliphatic heterocycles. The number of thiazole rings is 1. The second-order valence-electron chi connectivity index (χ2n) is 5.78. The molecule has 0 radical (unpaired) electrons. The molecule has 0 spiro atoms. The largest absolute Gasteiger partial charge is 0.321 e. The molecular formula is C20H12N2OS3. The molecule has 0 bridgehead atoms. The summed E-state index contributed by atoms with van der Waals surface area (Å²) in [6, 6.07) is 18.1. The van der Waals surface area contributed by atoms with Crippen LogP contribution < -0.4 is 5.56 Å². The Balaban J connectivity index is 1.55. The minimum Gasteiger partial charge on any atom is -0.321 e. The van der Waals surface area contributed by atoms with Gasteiger partial charge in [0, 0.05) is 20.7 Å². The summed E-state index contributed by atoms with van der Waals surface area (Å²) >= 11 is 5.04. The van der Waals surface area contributed by atoms with Crippen LogP contribution in [0.4, 0.5) is 0 Å². The van der Waals surface area contributed by atoms with E-state index in [1.54, 1.807) is 34.0 Å². The van der Waals surface area contributed by atoms with Crippen molar-refractivity contribution in [1.82, 2.24) is 9.97 Å². The average Bonchev–Trinajstić information content (AvgIpc) is 3.40. The molecule has 0 aliphatic rings. The monoisotopic (exact) mass is 392 g/mol. The Morgan fingerprint density at radius 2 is 1.77 bits per heavy atom. The van der Waals surface area contributed by atoms with Gasteiger partial charge in [0.25, 0.3) is 5.56 Å². The molecule has 126 valence electrons. The van der Waals surface area contributed by atoms with E-state index in [2.05, 4.69) is 34.6 Å². The number of nitrogens with one attached hydrogen (secondary N) is 1. The number of aromatic nitrogens is 2. The first-order valence-corrected chi connectivity index (χ1v) is 10.6. The summed E-state index contributed by atoms with van der Waals surface area (Å²) in [4.78, 5) is 23.8. The Morgan fingerprint density at radius 3 is 2.65 bits per heavy atom. The van der Waals surface area contributed by atoms with E-state index < -0.39 is 0 Å². The van der Waals surface area contributed by atoms with E-state index >= 15 is 0 Å². The number of hydrogen-bond acceptors (Lipinski definition) is 5. The van der Waals surface area contributed by atoms with Crippen LogP contribution in [-0.4, -0.2) is 9.97 Å². The first-order valence-electron chi connectivity index (χ1n) is 8.00. The van der Waals surface area contributed by atoms with Crippen molar-refractivity contribution in [3.05, 3.63) is 75.7 Å². The van der Waals surface area contributed by atoms with Crippen molar-refractivity contribution in [3.63, 3.8) is 0 Å². The summed E-state index contributed by atoms with van der Waals surface area (Å²) in [5.74, 6) is 0. The topological polar surface area (TPSA) is 45.8 Å². The van der Waals surface area contributed by atoms with Gasteiger partial charge in [-0.2, -0.15) is 0 Å². The van der Waals surface area contributed by atoms with Gasteiger partial charge in [-0.1, -0.05) is 24.3 Å². The number of H-pyrrole nitrogens is 1. The van der Waals surface area contributed by atoms with Crippen LogP contribution in [0.1, 0.15) is 0 Å². The van der Waals surface area contributed by atoms with E-state index in [9.17, 15) is 4.79 Å². The molecule has 6 heteroatoms. The van der Waals surface area contributed by atoms with Crippen LogP contribution in [0.2, 0.25) is 0 Å². The summed E-state index contributed by atoms with van der Waals surface area (Å²) in [5.41, 5.74) is 2.07. The van der Waals surface area contributed by atoms with E-state index in [0.29, 0.717) is 5.56 Å². The smallest absolute Gasteiger partial charge is 0.257 e. The third-order valence-corrected chi connectivity index (χ3v) is 7.28. The molecular weight excluding hydrogens is 380 g/mol. The fraction of sp³-hybridized carbons (Fsp3) is 0. The molecule has 5 aromatic rings. The third kappa shape index (κ3) is 2.72. The van der Waals surface area contributed by atoms with Crippen molar-refractivity contribution in [2.75, 3.05) is 0 Å². The van der Waals surface area contributed by atoms with Gasteiger partial charge in [0.15, 0.2) is 0 Å². The van der Waals surface area contributed by atoms with Crippen LogP contribution in [0.25, 0.3) is 41.8 Å². The van der Waals surface area contributed by atoms with Gasteiger partial charge in [0.05, 0.1) is 16.1 Å². The van der Waals surface area contributed by atoms with Crippen molar-refractivity contribution < 1.29 is 0 Å². The van der Waals surface area contributed by atoms with Gasteiger partial charge in [-0.3, -0.25) is 4.79 Å². The summed E-state index contributed by atoms with van der Waals surface area (Å²) in [6.07, 6.45) is 0. The van der Waals surface area contributed by atoms with Gasteiger partial charge in [-0.15, -0.1) is 34.0 Å². The first-order chi connectivity index (χ1) is 12.8. The average molecular weight is 393 g/mol. The van der Waals surface area contributed by atoms with Crippen molar-refractivity contribution >= 4 is 44.9 Å². The summed E-state index contributed by atoms with van der Waals surface area (Å²) in [6.45, 7) is 0. The number of benzene rings is 1. The molecule has 26 heavy (non-hydrogen) atoms. The van der Waals surface area contributed by atoms with E-state index in [-0.39, 0.29) is 5.56 Å². The second-order valence-corrected chi connectivity index (χ2v) is 8.67. The van der Waals surface area contributed by atoms with Crippen molar-refractivity contribution in [2.24, 2.45) is 0 Å². The maximum absolute atomic E-state index is 12.5. The van der Waals surface area contributed by atoms with Crippen molar-refractivity contribution in [1.29, 1.82) is 0 Å². The molecule has 0 fully saturated rings. The zero-order valence-corrected chi connectivity index (χ0v) is 15.9. The van der Waals surface area contributed by atoms with E-state index in [4.69, 9.17) is 4.98 Å². The highest BCUT2D eigenvalue weighted by Crippen LogP contribution is 2.38. The van der Waals surface area contributed by atoms with Crippen LogP contribution in [0.3, 0.4) is 0 Å². The Kier molecular flexibility index (Phi) is 3.81. The standard InChI is InChI=1S/C20H12N2OS3/c23-19-13(10-12-4-1-2-5-14(12)21-19)15-11-25-20(22-15)18-8-7-17(26-18)16-6-3-9-24-16/h1-11H,(H,21,23). The van der Waals surface area contributed by atoms with E-state index in [1.807, 2.05) is 35.7 Å². The van der Waals surface area contributed by atoms with Crippen LogP contribution in [0, 0.1) is 0 Å². The maximum Gasteiger partial charge on any atom is 0.257 e. The zero-order valence-electron chi connectivity index (χ0n) is 13.4. The van der Waals surface area contributed by atoms with Crippen LogP contribution in [-0.2, 0) is 0 Å². The predicted octanol–water partition coefficient (Wildman–Crippen LogP) is 6.11. The minimum absolute atomic E-state index is 0.106. The Labute approximate surface area is 161 Å². The summed E-state index contributed by atoms with van der Waals surface area (Å²) in [5, 5.41) is 6.00. The van der Waals surface area contributed by atoms with Crippen molar-refractivity contribution in [2.45, 2.75) is 0 Å². The Bertz CT molecular complexity index is 1260. The van der Waals surface area contributed by atoms with Gasteiger partial charge >= 0.3 is 0 Å². The number of fused-ring (bicyclic) bond motifs is 1. The fourth-order valence-electron chi connectivity index (χ4n) is 2.85. The molecule has 0 saturated heterocycles. The SMILES string of the molecule is O=c1[nH]c2ccccc2cc1-c1csc(-c2ccc(-c3cccs3)s2)n1. The summed E-state index contributed by atoms with van der Waals surface area (Å²) < 4.78 is 0. The second kappa shape index (κ2) is 6.32. The molecule has 1 aromatic carbocycles. The number of aromatic amines is 1. The highest BCUT2D eigenvalue weighted by atomic mass is 32.1. The van der Waals surface area contributed by atoms with E-state index in [1.165, 1.54) is 9.75 Å². The molecule has 0 saturated carbocycles. The lowest BCUT2D eigenvalue weighted by atomic mass is 10.1. The van der Waals surface area contributed by atoms with Gasteiger partial charge in [-0.25, -0.2) is 4.98 Å². The van der Waals surface area contributed by atoms with Gasteiger partial charge in [-0.05, 0) is 41.1 Å². The molecule has 4 aromatic heterocycles. The normalized spacial score (nSPS) is 11.2. The Hall–Kier alpha value is -2.54. The lowest BCUT2D eigenvalue weighted by Crippen LogP contribution is -2.08. The molecule has 0 aliphatic carbocycles. The number of rotatable bonds is 3. The van der Waals surface area contributed by atoms with Gasteiger partial charge in [0.2, 0.25) is 0 Å². The lowest BCUT2D eigenvalue weighted by Gasteiger charge is -2.00. The number of hydrogen-bond donors (Lipinski definition) is 1. The molecule has 1 N–H and O–H groups in total. The molecule has 0 atom stereocenters. The van der Waals surface area contributed by atoms with Crippen LogP contribution in [0.5, 0.6) is 0 Å². The van der Waals surface area contributed by atoms with Gasteiger partial charge in [0.1, 0.15) is 5.01 Å². The highest BCUT2D eigenvalue weighted by Gasteiger charge is 2.13. The van der Waals surface area contributed by atoms with E-state index in [0.717, 1.165) is 26.5 Å². The molecule has 0 unspecified atom stereocenters. The zero-order chi connectivity index (χ0) is 17.5. The quantitative estimate of drug-likeness (QED) is 0.403. The Morgan fingerprint density at radius 1 is 0.885 bits per heavy atom. The van der Waals surface area contributed by atoms with Crippen LogP contribution >= 0.6 is 34.0 Å². The summed E-state index contributed by atoms with van der Waals surface area (Å²) in [7, 11) is 0. The van der Waals surface area contributed by atoms with Crippen LogP contribution in [0.15, 0.2) is 70.2 Å². The molecule has 3 nitrogen and oxygen atoms in total. The third-order valence-electron chi connectivity index (χ3n) is 4.11.